The highest BCUT2D eigenvalue weighted by atomic mass is 16.1. The summed E-state index contributed by atoms with van der Waals surface area (Å²) in [5.74, 6) is -0.0189. The molecule has 0 fully saturated rings. The van der Waals surface area contributed by atoms with Gasteiger partial charge in [-0.15, -0.1) is 0 Å². The molecule has 0 bridgehead atoms. The number of H-pyrrole nitrogens is 1. The summed E-state index contributed by atoms with van der Waals surface area (Å²) >= 11 is 0. The number of carbonyl (C=O) groups excluding carboxylic acids is 1. The van der Waals surface area contributed by atoms with Crippen LogP contribution in [0.15, 0.2) is 42.6 Å². The van der Waals surface area contributed by atoms with E-state index in [1.54, 1.807) is 12.3 Å². The number of aromatic amines is 1. The first kappa shape index (κ1) is 13.9. The van der Waals surface area contributed by atoms with Gasteiger partial charge in [-0.1, -0.05) is 30.3 Å². The zero-order valence-corrected chi connectivity index (χ0v) is 12.1. The maximum absolute atomic E-state index is 11.8. The summed E-state index contributed by atoms with van der Waals surface area (Å²) in [6, 6.07) is 11.6. The molecule has 0 unspecified atom stereocenters. The average molecular weight is 293 g/mol. The van der Waals surface area contributed by atoms with Crippen LogP contribution in [0, 0.1) is 6.92 Å². The minimum absolute atomic E-state index is 0.200. The Morgan fingerprint density at radius 3 is 2.59 bits per heavy atom. The minimum atomic E-state index is -0.585. The third kappa shape index (κ3) is 2.71. The quantitative estimate of drug-likeness (QED) is 0.767. The fraction of sp³-hybridized carbons (Fsp3) is 0.125. The van der Waals surface area contributed by atoms with Crippen molar-refractivity contribution >= 4 is 5.91 Å². The van der Waals surface area contributed by atoms with Gasteiger partial charge >= 0.3 is 0 Å². The predicted octanol–water partition coefficient (Wildman–Crippen LogP) is 1.86. The van der Waals surface area contributed by atoms with Crippen LogP contribution in [0.4, 0.5) is 0 Å². The molecule has 2 aromatic heterocycles. The first-order valence-corrected chi connectivity index (χ1v) is 6.86. The van der Waals surface area contributed by atoms with Crippen molar-refractivity contribution in [2.75, 3.05) is 0 Å². The Balaban J connectivity index is 2.06. The topological polar surface area (TPSA) is 97.5 Å². The molecule has 3 rings (SSSR count). The molecule has 1 amide bonds. The van der Waals surface area contributed by atoms with Crippen molar-refractivity contribution in [3.63, 3.8) is 0 Å². The normalized spacial score (nSPS) is 10.6. The summed E-state index contributed by atoms with van der Waals surface area (Å²) in [6.07, 6.45) is 2.22. The van der Waals surface area contributed by atoms with E-state index in [1.807, 2.05) is 37.3 Å². The number of rotatable bonds is 4. The van der Waals surface area contributed by atoms with E-state index in [1.165, 1.54) is 0 Å². The number of aromatic nitrogens is 4. The number of hydrogen-bond donors (Lipinski definition) is 2. The van der Waals surface area contributed by atoms with E-state index < -0.39 is 5.91 Å². The van der Waals surface area contributed by atoms with E-state index >= 15 is 0 Å². The SMILES string of the molecule is Cc1nc(Cc2ccccc2)nc(C(N)=O)c1-c1cc[nH]n1. The van der Waals surface area contributed by atoms with Gasteiger partial charge in [-0.25, -0.2) is 9.97 Å². The molecule has 0 radical (unpaired) electrons. The number of nitrogens with zero attached hydrogens (tertiary/aromatic N) is 3. The lowest BCUT2D eigenvalue weighted by Crippen LogP contribution is -2.18. The molecule has 6 heteroatoms. The standard InChI is InChI=1S/C16H15N5O/c1-10-14(12-7-8-18-21-12)15(16(17)22)20-13(19-10)9-11-5-3-2-4-6-11/h2-8H,9H2,1H3,(H2,17,22)(H,18,21). The van der Waals surface area contributed by atoms with Gasteiger partial charge in [0, 0.05) is 12.6 Å². The predicted molar refractivity (Wildman–Crippen MR) is 82.1 cm³/mol. The van der Waals surface area contributed by atoms with E-state index in [4.69, 9.17) is 5.73 Å². The Kier molecular flexibility index (Phi) is 3.65. The molecule has 6 nitrogen and oxygen atoms in total. The van der Waals surface area contributed by atoms with Gasteiger partial charge in [-0.05, 0) is 18.6 Å². The smallest absolute Gasteiger partial charge is 0.268 e. The molecule has 2 heterocycles. The van der Waals surface area contributed by atoms with Crippen LogP contribution in [0.1, 0.15) is 27.6 Å². The third-order valence-corrected chi connectivity index (χ3v) is 3.33. The van der Waals surface area contributed by atoms with E-state index in [9.17, 15) is 4.79 Å². The number of nitrogens with one attached hydrogen (secondary N) is 1. The number of carbonyl (C=O) groups is 1. The molecule has 110 valence electrons. The van der Waals surface area contributed by atoms with Gasteiger partial charge < -0.3 is 5.73 Å². The number of benzene rings is 1. The number of primary amides is 1. The molecular formula is C16H15N5O. The molecule has 1 aromatic carbocycles. The van der Waals surface area contributed by atoms with Gasteiger partial charge in [0.15, 0.2) is 0 Å². The Hall–Kier alpha value is -3.02. The Labute approximate surface area is 127 Å². The van der Waals surface area contributed by atoms with Crippen LogP contribution in [-0.4, -0.2) is 26.1 Å². The van der Waals surface area contributed by atoms with Crippen molar-refractivity contribution in [2.24, 2.45) is 5.73 Å². The zero-order valence-electron chi connectivity index (χ0n) is 12.1. The largest absolute Gasteiger partial charge is 0.364 e. The summed E-state index contributed by atoms with van der Waals surface area (Å²) in [4.78, 5) is 20.6. The molecule has 0 saturated heterocycles. The number of aryl methyl sites for hydroxylation is 1. The van der Waals surface area contributed by atoms with Crippen LogP contribution in [0.25, 0.3) is 11.3 Å². The van der Waals surface area contributed by atoms with Crippen molar-refractivity contribution in [1.29, 1.82) is 0 Å². The summed E-state index contributed by atoms with van der Waals surface area (Å²) in [6.45, 7) is 1.83. The van der Waals surface area contributed by atoms with Gasteiger partial charge in [0.05, 0.1) is 17.0 Å². The maximum Gasteiger partial charge on any atom is 0.268 e. The fourth-order valence-corrected chi connectivity index (χ4v) is 2.37. The number of nitrogens with two attached hydrogens (primary N) is 1. The molecule has 3 N–H and O–H groups in total. The van der Waals surface area contributed by atoms with Gasteiger partial charge in [0.25, 0.3) is 5.91 Å². The summed E-state index contributed by atoms with van der Waals surface area (Å²) < 4.78 is 0. The lowest BCUT2D eigenvalue weighted by molar-refractivity contribution is 0.0995. The first-order valence-electron chi connectivity index (χ1n) is 6.86. The number of hydrogen-bond acceptors (Lipinski definition) is 4. The van der Waals surface area contributed by atoms with Gasteiger partial charge in [0.2, 0.25) is 0 Å². The summed E-state index contributed by atoms with van der Waals surface area (Å²) in [5, 5.41) is 6.81. The minimum Gasteiger partial charge on any atom is -0.364 e. The van der Waals surface area contributed by atoms with Crippen LogP contribution < -0.4 is 5.73 Å². The van der Waals surface area contributed by atoms with E-state index in [0.29, 0.717) is 29.2 Å². The first-order chi connectivity index (χ1) is 10.6. The molecule has 0 spiro atoms. The van der Waals surface area contributed by atoms with Crippen molar-refractivity contribution in [3.05, 3.63) is 65.4 Å². The molecule has 0 aliphatic carbocycles. The molecular weight excluding hydrogens is 278 g/mol. The molecule has 3 aromatic rings. The van der Waals surface area contributed by atoms with Crippen LogP contribution >= 0.6 is 0 Å². The molecule has 0 saturated carbocycles. The van der Waals surface area contributed by atoms with Gasteiger partial charge in [0.1, 0.15) is 11.5 Å². The van der Waals surface area contributed by atoms with Crippen LogP contribution in [0.2, 0.25) is 0 Å². The Morgan fingerprint density at radius 2 is 1.95 bits per heavy atom. The second-order valence-electron chi connectivity index (χ2n) is 4.93. The van der Waals surface area contributed by atoms with Gasteiger partial charge in [-0.3, -0.25) is 9.89 Å². The second-order valence-corrected chi connectivity index (χ2v) is 4.93. The van der Waals surface area contributed by atoms with Crippen molar-refractivity contribution in [3.8, 4) is 11.3 Å². The average Bonchev–Trinajstić information content (AvgIpc) is 3.01. The lowest BCUT2D eigenvalue weighted by Gasteiger charge is -2.10. The van der Waals surface area contributed by atoms with Crippen LogP contribution in [-0.2, 0) is 6.42 Å². The van der Waals surface area contributed by atoms with E-state index in [-0.39, 0.29) is 5.69 Å². The maximum atomic E-state index is 11.8. The van der Waals surface area contributed by atoms with Crippen molar-refractivity contribution < 1.29 is 4.79 Å². The number of amides is 1. The molecule has 22 heavy (non-hydrogen) atoms. The highest BCUT2D eigenvalue weighted by molar-refractivity contribution is 5.97. The molecule has 0 aliphatic rings. The van der Waals surface area contributed by atoms with Crippen LogP contribution in [0.3, 0.4) is 0 Å². The fourth-order valence-electron chi connectivity index (χ4n) is 2.37. The lowest BCUT2D eigenvalue weighted by atomic mass is 10.1. The van der Waals surface area contributed by atoms with Crippen LogP contribution in [0.5, 0.6) is 0 Å². The summed E-state index contributed by atoms with van der Waals surface area (Å²) in [5.41, 5.74) is 8.62. The monoisotopic (exact) mass is 293 g/mol. The Bertz CT molecular complexity index is 797. The van der Waals surface area contributed by atoms with Crippen molar-refractivity contribution in [1.82, 2.24) is 20.2 Å². The zero-order chi connectivity index (χ0) is 15.5. The van der Waals surface area contributed by atoms with E-state index in [0.717, 1.165) is 5.56 Å². The van der Waals surface area contributed by atoms with Crippen molar-refractivity contribution in [2.45, 2.75) is 13.3 Å². The highest BCUT2D eigenvalue weighted by Crippen LogP contribution is 2.23. The van der Waals surface area contributed by atoms with E-state index in [2.05, 4.69) is 20.2 Å². The van der Waals surface area contributed by atoms with Gasteiger partial charge in [-0.2, -0.15) is 5.10 Å². The summed E-state index contributed by atoms with van der Waals surface area (Å²) in [7, 11) is 0. The third-order valence-electron chi connectivity index (χ3n) is 3.33. The second kappa shape index (κ2) is 5.77. The molecule has 0 atom stereocenters. The molecule has 0 aliphatic heterocycles. The highest BCUT2D eigenvalue weighted by Gasteiger charge is 2.19. The Morgan fingerprint density at radius 1 is 1.18 bits per heavy atom.